The number of rotatable bonds is 4. The van der Waals surface area contributed by atoms with Crippen molar-refractivity contribution < 1.29 is 13.6 Å². The molecule has 0 aliphatic carbocycles. The van der Waals surface area contributed by atoms with E-state index in [2.05, 4.69) is 0 Å². The number of nitrogens with two attached hydrogens (primary N) is 1. The highest BCUT2D eigenvalue weighted by molar-refractivity contribution is 5.94. The van der Waals surface area contributed by atoms with E-state index in [1.165, 1.54) is 12.1 Å². The molecule has 18 heavy (non-hydrogen) atoms. The summed E-state index contributed by atoms with van der Waals surface area (Å²) in [4.78, 5) is 23.4. The number of Topliss-reactive ketones (excluding diaryl/α,β-unsaturated/α-hetero) is 1. The summed E-state index contributed by atoms with van der Waals surface area (Å²) in [5.41, 5.74) is 5.09. The number of fused-ring (bicyclic) bond motifs is 1. The molecule has 1 heterocycles. The van der Waals surface area contributed by atoms with Gasteiger partial charge in [-0.25, -0.2) is 4.39 Å². The Bertz CT molecular complexity index is 648. The van der Waals surface area contributed by atoms with E-state index >= 15 is 0 Å². The van der Waals surface area contributed by atoms with E-state index in [4.69, 9.17) is 10.2 Å². The zero-order valence-corrected chi connectivity index (χ0v) is 9.61. The molecule has 0 saturated heterocycles. The molecule has 0 saturated carbocycles. The first-order chi connectivity index (χ1) is 8.61. The van der Waals surface area contributed by atoms with Gasteiger partial charge in [0.15, 0.2) is 17.0 Å². The van der Waals surface area contributed by atoms with E-state index in [-0.39, 0.29) is 28.9 Å². The monoisotopic (exact) mass is 249 g/mol. The van der Waals surface area contributed by atoms with Crippen LogP contribution in [0.1, 0.15) is 23.4 Å². The van der Waals surface area contributed by atoms with Gasteiger partial charge in [0.05, 0.1) is 5.39 Å². The number of ketones is 1. The molecule has 0 aliphatic rings. The van der Waals surface area contributed by atoms with Crippen molar-refractivity contribution in [3.8, 4) is 0 Å². The van der Waals surface area contributed by atoms with Crippen LogP contribution in [0, 0.1) is 5.82 Å². The molecule has 0 amide bonds. The normalized spacial score (nSPS) is 10.8. The van der Waals surface area contributed by atoms with Crippen LogP contribution < -0.4 is 11.2 Å². The minimum Gasteiger partial charge on any atom is -0.453 e. The van der Waals surface area contributed by atoms with Crippen LogP contribution in [0.15, 0.2) is 33.5 Å². The average Bonchev–Trinajstić information content (AvgIpc) is 2.36. The Balaban J connectivity index is 2.46. The molecule has 4 nitrogen and oxygen atoms in total. The van der Waals surface area contributed by atoms with Crippen LogP contribution >= 0.6 is 0 Å². The summed E-state index contributed by atoms with van der Waals surface area (Å²) >= 11 is 0. The van der Waals surface area contributed by atoms with Crippen molar-refractivity contribution in [2.75, 3.05) is 6.54 Å². The molecule has 5 heteroatoms. The second kappa shape index (κ2) is 5.10. The Labute approximate surface area is 102 Å². The van der Waals surface area contributed by atoms with E-state index in [1.807, 2.05) is 0 Å². The third-order valence-corrected chi connectivity index (χ3v) is 2.57. The zero-order valence-electron chi connectivity index (χ0n) is 9.61. The predicted molar refractivity (Wildman–Crippen MR) is 65.1 cm³/mol. The van der Waals surface area contributed by atoms with Crippen LogP contribution in [0.4, 0.5) is 4.39 Å². The summed E-state index contributed by atoms with van der Waals surface area (Å²) in [6.07, 6.45) is 0.760. The van der Waals surface area contributed by atoms with Gasteiger partial charge in [0, 0.05) is 12.5 Å². The maximum atomic E-state index is 13.0. The summed E-state index contributed by atoms with van der Waals surface area (Å²) in [5, 5.41) is 0.130. The van der Waals surface area contributed by atoms with Crippen molar-refractivity contribution in [3.63, 3.8) is 0 Å². The smallest absolute Gasteiger partial charge is 0.198 e. The van der Waals surface area contributed by atoms with Gasteiger partial charge in [0.2, 0.25) is 0 Å². The molecule has 0 radical (unpaired) electrons. The fraction of sp³-hybridized carbons (Fsp3) is 0.231. The highest BCUT2D eigenvalue weighted by atomic mass is 19.1. The van der Waals surface area contributed by atoms with E-state index in [9.17, 15) is 14.0 Å². The molecule has 0 aliphatic heterocycles. The van der Waals surface area contributed by atoms with Crippen molar-refractivity contribution in [2.24, 2.45) is 5.73 Å². The van der Waals surface area contributed by atoms with Crippen LogP contribution in [0.25, 0.3) is 11.0 Å². The van der Waals surface area contributed by atoms with Crippen LogP contribution in [-0.4, -0.2) is 12.3 Å². The Morgan fingerprint density at radius 1 is 1.33 bits per heavy atom. The third kappa shape index (κ3) is 2.46. The van der Waals surface area contributed by atoms with Gasteiger partial charge in [0.25, 0.3) is 0 Å². The van der Waals surface area contributed by atoms with Gasteiger partial charge in [-0.3, -0.25) is 9.59 Å². The summed E-state index contributed by atoms with van der Waals surface area (Å²) in [6.45, 7) is 0.398. The number of halogens is 1. The molecule has 0 bridgehead atoms. The highest BCUT2D eigenvalue weighted by Gasteiger charge is 2.12. The van der Waals surface area contributed by atoms with Gasteiger partial charge < -0.3 is 10.2 Å². The van der Waals surface area contributed by atoms with Crippen molar-refractivity contribution in [3.05, 3.63) is 46.1 Å². The van der Waals surface area contributed by atoms with Gasteiger partial charge in [-0.05, 0) is 31.2 Å². The van der Waals surface area contributed by atoms with Crippen LogP contribution in [0.2, 0.25) is 0 Å². The van der Waals surface area contributed by atoms with Crippen LogP contribution in [0.5, 0.6) is 0 Å². The van der Waals surface area contributed by atoms with Gasteiger partial charge >= 0.3 is 0 Å². The van der Waals surface area contributed by atoms with E-state index in [1.54, 1.807) is 0 Å². The second-order valence-corrected chi connectivity index (χ2v) is 3.93. The van der Waals surface area contributed by atoms with E-state index in [0.29, 0.717) is 13.0 Å². The minimum atomic E-state index is -0.517. The lowest BCUT2D eigenvalue weighted by Crippen LogP contribution is -2.09. The topological polar surface area (TPSA) is 73.3 Å². The third-order valence-electron chi connectivity index (χ3n) is 2.57. The lowest BCUT2D eigenvalue weighted by molar-refractivity contribution is 0.0954. The number of hydrogen-bond acceptors (Lipinski definition) is 4. The summed E-state index contributed by atoms with van der Waals surface area (Å²) < 4.78 is 18.3. The fourth-order valence-corrected chi connectivity index (χ4v) is 1.65. The SMILES string of the molecule is NCCCC(=O)c1cc(=O)c2cc(F)ccc2o1. The molecule has 2 aromatic rings. The molecule has 1 aromatic heterocycles. The van der Waals surface area contributed by atoms with Crippen molar-refractivity contribution in [1.82, 2.24) is 0 Å². The highest BCUT2D eigenvalue weighted by Crippen LogP contribution is 2.15. The lowest BCUT2D eigenvalue weighted by atomic mass is 10.1. The molecule has 94 valence electrons. The van der Waals surface area contributed by atoms with Crippen LogP contribution in [0.3, 0.4) is 0 Å². The lowest BCUT2D eigenvalue weighted by Gasteiger charge is -2.02. The largest absolute Gasteiger partial charge is 0.453 e. The molecular weight excluding hydrogens is 237 g/mol. The van der Waals surface area contributed by atoms with Gasteiger partial charge in [0.1, 0.15) is 11.4 Å². The molecule has 0 atom stereocenters. The Morgan fingerprint density at radius 2 is 2.11 bits per heavy atom. The Kier molecular flexibility index (Phi) is 3.53. The number of carbonyl (C=O) groups excluding carboxylic acids is 1. The fourth-order valence-electron chi connectivity index (χ4n) is 1.65. The summed E-state index contributed by atoms with van der Waals surface area (Å²) in [6, 6.07) is 4.71. The number of benzene rings is 1. The molecule has 2 N–H and O–H groups in total. The predicted octanol–water partition coefficient (Wildman–Crippen LogP) is 1.85. The zero-order chi connectivity index (χ0) is 13.1. The summed E-state index contributed by atoms with van der Waals surface area (Å²) in [7, 11) is 0. The molecule has 0 spiro atoms. The molecule has 2 rings (SSSR count). The van der Waals surface area contributed by atoms with Crippen molar-refractivity contribution in [1.29, 1.82) is 0 Å². The van der Waals surface area contributed by atoms with Crippen molar-refractivity contribution >= 4 is 16.8 Å². The molecular formula is C13H12FNO3. The summed E-state index contributed by atoms with van der Waals surface area (Å²) in [5.74, 6) is -0.798. The van der Waals surface area contributed by atoms with Gasteiger partial charge in [-0.1, -0.05) is 0 Å². The first-order valence-corrected chi connectivity index (χ1v) is 5.58. The van der Waals surface area contributed by atoms with Crippen LogP contribution in [-0.2, 0) is 0 Å². The Morgan fingerprint density at radius 3 is 2.83 bits per heavy atom. The molecule has 0 fully saturated rings. The first-order valence-electron chi connectivity index (χ1n) is 5.58. The number of hydrogen-bond donors (Lipinski definition) is 1. The maximum Gasteiger partial charge on any atom is 0.198 e. The van der Waals surface area contributed by atoms with E-state index < -0.39 is 11.2 Å². The molecule has 0 unspecified atom stereocenters. The second-order valence-electron chi connectivity index (χ2n) is 3.93. The quantitative estimate of drug-likeness (QED) is 0.839. The van der Waals surface area contributed by atoms with E-state index in [0.717, 1.165) is 12.1 Å². The van der Waals surface area contributed by atoms with Crippen molar-refractivity contribution in [2.45, 2.75) is 12.8 Å². The Hall–Kier alpha value is -2.01. The van der Waals surface area contributed by atoms with Gasteiger partial charge in [-0.15, -0.1) is 0 Å². The minimum absolute atomic E-state index is 0.00689. The van der Waals surface area contributed by atoms with Gasteiger partial charge in [-0.2, -0.15) is 0 Å². The maximum absolute atomic E-state index is 13.0. The molecule has 1 aromatic carbocycles. The first kappa shape index (κ1) is 12.4. The number of carbonyl (C=O) groups is 1. The standard InChI is InChI=1S/C13H12FNO3/c14-8-3-4-12-9(6-8)11(17)7-13(18-12)10(16)2-1-5-15/h3-4,6-7H,1-2,5,15H2. The average molecular weight is 249 g/mol.